The molecule has 0 saturated heterocycles. The summed E-state index contributed by atoms with van der Waals surface area (Å²) < 4.78 is 19.5. The lowest BCUT2D eigenvalue weighted by Gasteiger charge is -2.19. The van der Waals surface area contributed by atoms with Crippen LogP contribution in [0.15, 0.2) is 72.8 Å². The fraction of sp³-hybridized carbons (Fsp3) is 0.154. The van der Waals surface area contributed by atoms with Crippen molar-refractivity contribution in [2.45, 2.75) is 26.2 Å². The molecule has 0 atom stereocenters. The summed E-state index contributed by atoms with van der Waals surface area (Å²) in [5, 5.41) is 9.83. The van der Waals surface area contributed by atoms with E-state index in [1.54, 1.807) is 0 Å². The number of carbonyl (C=O) groups is 1. The number of aromatic carboxylic acids is 1. The molecule has 0 aliphatic rings. The van der Waals surface area contributed by atoms with Crippen molar-refractivity contribution in [2.75, 3.05) is 0 Å². The van der Waals surface area contributed by atoms with E-state index in [2.05, 4.69) is 37.9 Å². The second kappa shape index (κ2) is 7.84. The van der Waals surface area contributed by atoms with E-state index in [0.29, 0.717) is 17.0 Å². The summed E-state index contributed by atoms with van der Waals surface area (Å²) in [7, 11) is 0. The molecule has 0 fully saturated rings. The normalized spacial score (nSPS) is 11.5. The van der Waals surface area contributed by atoms with E-state index in [0.717, 1.165) is 11.3 Å². The fourth-order valence-corrected chi connectivity index (χ4v) is 3.38. The molecule has 0 amide bonds. The third-order valence-electron chi connectivity index (χ3n) is 5.11. The van der Waals surface area contributed by atoms with Crippen LogP contribution in [0.3, 0.4) is 0 Å². The van der Waals surface area contributed by atoms with Crippen LogP contribution in [0.4, 0.5) is 4.39 Å². The van der Waals surface area contributed by atoms with E-state index < -0.39 is 11.8 Å². The maximum absolute atomic E-state index is 13.6. The van der Waals surface area contributed by atoms with Gasteiger partial charge in [-0.2, -0.15) is 0 Å². The first-order valence-corrected chi connectivity index (χ1v) is 9.93. The smallest absolute Gasteiger partial charge is 0.336 e. The van der Waals surface area contributed by atoms with Gasteiger partial charge in [0, 0.05) is 10.9 Å². The van der Waals surface area contributed by atoms with Crippen LogP contribution in [0.1, 0.15) is 36.7 Å². The molecule has 3 aromatic carbocycles. The second-order valence-corrected chi connectivity index (χ2v) is 8.42. The van der Waals surface area contributed by atoms with E-state index in [9.17, 15) is 14.3 Å². The van der Waals surface area contributed by atoms with Crippen molar-refractivity contribution in [1.29, 1.82) is 0 Å². The summed E-state index contributed by atoms with van der Waals surface area (Å²) >= 11 is 0. The molecular formula is C26H22FNO3. The van der Waals surface area contributed by atoms with Crippen molar-refractivity contribution in [3.8, 4) is 22.8 Å². The Morgan fingerprint density at radius 1 is 0.903 bits per heavy atom. The molecule has 0 saturated carbocycles. The van der Waals surface area contributed by atoms with E-state index in [1.807, 2.05) is 36.4 Å². The van der Waals surface area contributed by atoms with Gasteiger partial charge in [0.2, 0.25) is 0 Å². The van der Waals surface area contributed by atoms with Gasteiger partial charge in [0.1, 0.15) is 17.3 Å². The average Bonchev–Trinajstić information content (AvgIpc) is 2.73. The van der Waals surface area contributed by atoms with Crippen LogP contribution in [0.25, 0.3) is 22.2 Å². The van der Waals surface area contributed by atoms with E-state index in [4.69, 9.17) is 4.74 Å². The van der Waals surface area contributed by atoms with Gasteiger partial charge in [-0.1, -0.05) is 32.9 Å². The first kappa shape index (κ1) is 20.5. The van der Waals surface area contributed by atoms with E-state index in [-0.39, 0.29) is 16.4 Å². The first-order chi connectivity index (χ1) is 14.7. The number of hydrogen-bond donors (Lipinski definition) is 1. The minimum absolute atomic E-state index is 0.0127. The molecule has 4 nitrogen and oxygen atoms in total. The third kappa shape index (κ3) is 4.40. The summed E-state index contributed by atoms with van der Waals surface area (Å²) in [6.07, 6.45) is 0. The lowest BCUT2D eigenvalue weighted by atomic mass is 9.87. The molecule has 0 spiro atoms. The molecule has 4 aromatic rings. The minimum atomic E-state index is -1.13. The topological polar surface area (TPSA) is 59.4 Å². The van der Waals surface area contributed by atoms with Crippen LogP contribution in [0.2, 0.25) is 0 Å². The van der Waals surface area contributed by atoms with Gasteiger partial charge in [0.25, 0.3) is 0 Å². The van der Waals surface area contributed by atoms with Crippen LogP contribution < -0.4 is 4.74 Å². The van der Waals surface area contributed by atoms with Crippen molar-refractivity contribution < 1.29 is 19.0 Å². The number of carboxylic acid groups (broad SMARTS) is 1. The quantitative estimate of drug-likeness (QED) is 0.397. The predicted molar refractivity (Wildman–Crippen MR) is 119 cm³/mol. The van der Waals surface area contributed by atoms with Crippen LogP contribution in [0.5, 0.6) is 11.5 Å². The van der Waals surface area contributed by atoms with E-state index >= 15 is 0 Å². The molecule has 5 heteroatoms. The summed E-state index contributed by atoms with van der Waals surface area (Å²) in [6, 6.07) is 20.7. The van der Waals surface area contributed by atoms with Crippen molar-refractivity contribution in [3.05, 3.63) is 89.7 Å². The molecule has 0 bridgehead atoms. The van der Waals surface area contributed by atoms with Gasteiger partial charge >= 0.3 is 5.97 Å². The average molecular weight is 415 g/mol. The number of halogens is 1. The Morgan fingerprint density at radius 3 is 2.10 bits per heavy atom. The van der Waals surface area contributed by atoms with Gasteiger partial charge in [-0.3, -0.25) is 0 Å². The molecule has 0 aliphatic carbocycles. The highest BCUT2D eigenvalue weighted by Gasteiger charge is 2.15. The number of pyridine rings is 1. The molecule has 1 heterocycles. The highest BCUT2D eigenvalue weighted by Crippen LogP contribution is 2.30. The summed E-state index contributed by atoms with van der Waals surface area (Å²) in [5.41, 5.74) is 2.98. The lowest BCUT2D eigenvalue weighted by Crippen LogP contribution is -2.10. The summed E-state index contributed by atoms with van der Waals surface area (Å²) in [5.74, 6) is -0.229. The maximum Gasteiger partial charge on any atom is 0.336 e. The molecule has 0 aliphatic heterocycles. The van der Waals surface area contributed by atoms with Gasteiger partial charge in [-0.05, 0) is 71.6 Å². The zero-order chi connectivity index (χ0) is 22.2. The van der Waals surface area contributed by atoms with Crippen LogP contribution >= 0.6 is 0 Å². The number of carboxylic acids is 1. The lowest BCUT2D eigenvalue weighted by molar-refractivity contribution is 0.0699. The molecule has 1 aromatic heterocycles. The SMILES string of the molecule is CC(C)(C)c1ccc(Oc2ccc(-c3cc(C(=O)O)c4cc(F)ccc4n3)cc2)cc1. The molecule has 156 valence electrons. The number of fused-ring (bicyclic) bond motifs is 1. The molecule has 0 radical (unpaired) electrons. The van der Waals surface area contributed by atoms with E-state index in [1.165, 1.54) is 29.8 Å². The van der Waals surface area contributed by atoms with Gasteiger partial charge in [0.05, 0.1) is 16.8 Å². The Bertz CT molecular complexity index is 1260. The Balaban J connectivity index is 1.61. The minimum Gasteiger partial charge on any atom is -0.478 e. The highest BCUT2D eigenvalue weighted by atomic mass is 19.1. The van der Waals surface area contributed by atoms with Crippen LogP contribution in [-0.2, 0) is 5.41 Å². The largest absolute Gasteiger partial charge is 0.478 e. The summed E-state index contributed by atoms with van der Waals surface area (Å²) in [4.78, 5) is 16.2. The number of hydrogen-bond acceptors (Lipinski definition) is 3. The summed E-state index contributed by atoms with van der Waals surface area (Å²) in [6.45, 7) is 6.48. The number of nitrogens with zero attached hydrogens (tertiary/aromatic N) is 1. The second-order valence-electron chi connectivity index (χ2n) is 8.42. The standard InChI is InChI=1S/C26H22FNO3/c1-26(2,3)17-6-11-20(12-7-17)31-19-9-4-16(5-10-19)24-15-22(25(29)30)21-14-18(27)8-13-23(21)28-24/h4-15H,1-3H3,(H,29,30). The van der Waals surface area contributed by atoms with Gasteiger partial charge in [-0.25, -0.2) is 14.2 Å². The Morgan fingerprint density at radius 2 is 1.52 bits per heavy atom. The van der Waals surface area contributed by atoms with Gasteiger partial charge < -0.3 is 9.84 Å². The van der Waals surface area contributed by atoms with Crippen molar-refractivity contribution in [3.63, 3.8) is 0 Å². The molecular weight excluding hydrogens is 393 g/mol. The fourth-order valence-electron chi connectivity index (χ4n) is 3.38. The zero-order valence-electron chi connectivity index (χ0n) is 17.5. The molecule has 4 rings (SSSR count). The van der Waals surface area contributed by atoms with Crippen LogP contribution in [0, 0.1) is 5.82 Å². The maximum atomic E-state index is 13.6. The van der Waals surface area contributed by atoms with Crippen molar-refractivity contribution in [2.24, 2.45) is 0 Å². The van der Waals surface area contributed by atoms with Crippen molar-refractivity contribution in [1.82, 2.24) is 4.98 Å². The molecule has 31 heavy (non-hydrogen) atoms. The Labute approximate surface area is 180 Å². The molecule has 0 unspecified atom stereocenters. The predicted octanol–water partition coefficient (Wildman–Crippen LogP) is 6.83. The van der Waals surface area contributed by atoms with Crippen LogP contribution in [-0.4, -0.2) is 16.1 Å². The zero-order valence-corrected chi connectivity index (χ0v) is 17.5. The monoisotopic (exact) mass is 415 g/mol. The number of aromatic nitrogens is 1. The Hall–Kier alpha value is -3.73. The molecule has 1 N–H and O–H groups in total. The highest BCUT2D eigenvalue weighted by molar-refractivity contribution is 6.03. The number of rotatable bonds is 4. The third-order valence-corrected chi connectivity index (χ3v) is 5.11. The first-order valence-electron chi connectivity index (χ1n) is 9.93. The van der Waals surface area contributed by atoms with Gasteiger partial charge in [-0.15, -0.1) is 0 Å². The van der Waals surface area contributed by atoms with Crippen molar-refractivity contribution >= 4 is 16.9 Å². The van der Waals surface area contributed by atoms with Gasteiger partial charge in [0.15, 0.2) is 0 Å². The Kier molecular flexibility index (Phi) is 5.19. The number of benzene rings is 3. The number of ether oxygens (including phenoxy) is 1.